The Balaban J connectivity index is 1.82. The number of nitrogens with zero attached hydrogens (tertiary/aromatic N) is 1. The molecule has 0 unspecified atom stereocenters. The van der Waals surface area contributed by atoms with E-state index in [1.165, 1.54) is 17.0 Å². The quantitative estimate of drug-likeness (QED) is 0.627. The van der Waals surface area contributed by atoms with E-state index in [-0.39, 0.29) is 35.3 Å². The SMILES string of the molecule is C[C@@]12C(=O)N(c3cccc(O)c3)C(=O)[C@@H]1[C@H]1C=C[C@H]2C1. The van der Waals surface area contributed by atoms with E-state index in [1.807, 2.05) is 6.92 Å². The van der Waals surface area contributed by atoms with Crippen molar-refractivity contribution in [3.63, 3.8) is 0 Å². The Morgan fingerprint density at radius 1 is 1.30 bits per heavy atom. The van der Waals surface area contributed by atoms with Gasteiger partial charge in [-0.1, -0.05) is 18.2 Å². The Hall–Kier alpha value is -2.10. The summed E-state index contributed by atoms with van der Waals surface area (Å²) in [5.41, 5.74) is -0.142. The Bertz CT molecular complexity index is 665. The number of allylic oxidation sites excluding steroid dienone is 2. The van der Waals surface area contributed by atoms with Gasteiger partial charge in [-0.25, -0.2) is 4.90 Å². The number of amides is 2. The number of carbonyl (C=O) groups is 2. The van der Waals surface area contributed by atoms with Gasteiger partial charge in [0.1, 0.15) is 5.75 Å². The normalized spacial score (nSPS) is 37.9. The minimum atomic E-state index is -0.609. The second kappa shape index (κ2) is 3.51. The van der Waals surface area contributed by atoms with Crippen molar-refractivity contribution in [1.82, 2.24) is 0 Å². The van der Waals surface area contributed by atoms with Crippen LogP contribution >= 0.6 is 0 Å². The molecule has 2 bridgehead atoms. The first-order chi connectivity index (χ1) is 9.53. The monoisotopic (exact) mass is 269 g/mol. The maximum Gasteiger partial charge on any atom is 0.241 e. The second-order valence-electron chi connectivity index (χ2n) is 6.15. The lowest BCUT2D eigenvalue weighted by atomic mass is 9.71. The number of aromatic hydroxyl groups is 1. The molecule has 3 aliphatic rings. The summed E-state index contributed by atoms with van der Waals surface area (Å²) in [6, 6.07) is 6.33. The molecule has 2 aliphatic carbocycles. The highest BCUT2D eigenvalue weighted by atomic mass is 16.3. The van der Waals surface area contributed by atoms with Crippen LogP contribution in [0.3, 0.4) is 0 Å². The van der Waals surface area contributed by atoms with Crippen molar-refractivity contribution in [3.8, 4) is 5.75 Å². The van der Waals surface area contributed by atoms with Gasteiger partial charge in [-0.15, -0.1) is 0 Å². The average Bonchev–Trinajstić information content (AvgIpc) is 3.03. The first-order valence-corrected chi connectivity index (χ1v) is 6.89. The fourth-order valence-electron chi connectivity index (χ4n) is 4.18. The standard InChI is InChI=1S/C16H15NO3/c1-16-10-6-5-9(7-10)13(16)14(19)17(15(16)20)11-3-2-4-12(18)8-11/h2-6,8-10,13,18H,7H2,1H3/t9-,10-,13-,16-/m0/s1. The number of imide groups is 1. The fourth-order valence-corrected chi connectivity index (χ4v) is 4.18. The lowest BCUT2D eigenvalue weighted by Crippen LogP contribution is -2.37. The minimum Gasteiger partial charge on any atom is -0.508 e. The molecule has 0 aromatic heterocycles. The van der Waals surface area contributed by atoms with Crippen molar-refractivity contribution in [2.75, 3.05) is 4.90 Å². The highest BCUT2D eigenvalue weighted by molar-refractivity contribution is 6.24. The number of anilines is 1. The largest absolute Gasteiger partial charge is 0.508 e. The van der Waals surface area contributed by atoms with Crippen LogP contribution in [-0.4, -0.2) is 16.9 Å². The first-order valence-electron chi connectivity index (χ1n) is 6.89. The van der Waals surface area contributed by atoms with E-state index in [0.717, 1.165) is 6.42 Å². The van der Waals surface area contributed by atoms with E-state index in [1.54, 1.807) is 12.1 Å². The number of fused-ring (bicyclic) bond motifs is 5. The third-order valence-corrected chi connectivity index (χ3v) is 5.20. The van der Waals surface area contributed by atoms with Gasteiger partial charge in [0.15, 0.2) is 0 Å². The van der Waals surface area contributed by atoms with Gasteiger partial charge >= 0.3 is 0 Å². The summed E-state index contributed by atoms with van der Waals surface area (Å²) < 4.78 is 0. The molecular weight excluding hydrogens is 254 g/mol. The van der Waals surface area contributed by atoms with Crippen LogP contribution in [0.1, 0.15) is 13.3 Å². The number of carbonyl (C=O) groups excluding carboxylic acids is 2. The van der Waals surface area contributed by atoms with E-state index in [2.05, 4.69) is 12.2 Å². The van der Waals surface area contributed by atoms with Gasteiger partial charge in [0.2, 0.25) is 11.8 Å². The van der Waals surface area contributed by atoms with Gasteiger partial charge in [0.05, 0.1) is 17.0 Å². The molecule has 1 aromatic rings. The number of benzene rings is 1. The van der Waals surface area contributed by atoms with Gasteiger partial charge in [-0.05, 0) is 37.3 Å². The second-order valence-corrected chi connectivity index (χ2v) is 6.15. The van der Waals surface area contributed by atoms with Gasteiger partial charge < -0.3 is 5.11 Å². The summed E-state index contributed by atoms with van der Waals surface area (Å²) in [5, 5.41) is 9.57. The van der Waals surface area contributed by atoms with Crippen LogP contribution in [0.5, 0.6) is 5.75 Å². The zero-order chi connectivity index (χ0) is 14.1. The molecule has 2 fully saturated rings. The van der Waals surface area contributed by atoms with E-state index in [0.29, 0.717) is 5.69 Å². The van der Waals surface area contributed by atoms with Crippen LogP contribution in [0.15, 0.2) is 36.4 Å². The smallest absolute Gasteiger partial charge is 0.241 e. The fraction of sp³-hybridized carbons (Fsp3) is 0.375. The van der Waals surface area contributed by atoms with E-state index >= 15 is 0 Å². The van der Waals surface area contributed by atoms with Gasteiger partial charge in [-0.3, -0.25) is 9.59 Å². The number of phenolic OH excluding ortho intramolecular Hbond substituents is 1. The number of phenols is 1. The molecule has 0 radical (unpaired) electrons. The highest BCUT2D eigenvalue weighted by Gasteiger charge is 2.67. The van der Waals surface area contributed by atoms with Crippen LogP contribution in [0, 0.1) is 23.2 Å². The summed E-state index contributed by atoms with van der Waals surface area (Å²) in [6.07, 6.45) is 5.07. The molecular formula is C16H15NO3. The molecule has 4 rings (SSSR count). The Morgan fingerprint density at radius 2 is 2.10 bits per heavy atom. The van der Waals surface area contributed by atoms with Gasteiger partial charge in [0.25, 0.3) is 0 Å². The third kappa shape index (κ3) is 1.17. The molecule has 4 heteroatoms. The molecule has 20 heavy (non-hydrogen) atoms. The summed E-state index contributed by atoms with van der Waals surface area (Å²) in [5.74, 6) is -0.0892. The molecule has 4 nitrogen and oxygen atoms in total. The number of hydrogen-bond acceptors (Lipinski definition) is 3. The maximum absolute atomic E-state index is 12.8. The predicted octanol–water partition coefficient (Wildman–Crippen LogP) is 2.09. The Kier molecular flexibility index (Phi) is 2.05. The number of rotatable bonds is 1. The minimum absolute atomic E-state index is 0.0615. The topological polar surface area (TPSA) is 57.6 Å². The molecule has 102 valence electrons. The van der Waals surface area contributed by atoms with Gasteiger partial charge in [-0.2, -0.15) is 0 Å². The molecule has 1 aliphatic heterocycles. The Labute approximate surface area is 116 Å². The first kappa shape index (κ1) is 11.7. The average molecular weight is 269 g/mol. The van der Waals surface area contributed by atoms with Crippen LogP contribution in [0.4, 0.5) is 5.69 Å². The van der Waals surface area contributed by atoms with Crippen molar-refractivity contribution in [1.29, 1.82) is 0 Å². The van der Waals surface area contributed by atoms with Gasteiger partial charge in [0, 0.05) is 6.07 Å². The van der Waals surface area contributed by atoms with E-state index in [9.17, 15) is 14.7 Å². The molecule has 1 aromatic carbocycles. The summed E-state index contributed by atoms with van der Waals surface area (Å²) in [6.45, 7) is 1.91. The lowest BCUT2D eigenvalue weighted by Gasteiger charge is -2.28. The van der Waals surface area contributed by atoms with Crippen LogP contribution in [0.2, 0.25) is 0 Å². The van der Waals surface area contributed by atoms with Crippen LogP contribution in [-0.2, 0) is 9.59 Å². The van der Waals surface area contributed by atoms with Crippen molar-refractivity contribution in [3.05, 3.63) is 36.4 Å². The van der Waals surface area contributed by atoms with Crippen LogP contribution < -0.4 is 4.90 Å². The summed E-state index contributed by atoms with van der Waals surface area (Å²) in [7, 11) is 0. The summed E-state index contributed by atoms with van der Waals surface area (Å²) >= 11 is 0. The molecule has 1 saturated carbocycles. The maximum atomic E-state index is 12.8. The van der Waals surface area contributed by atoms with Crippen molar-refractivity contribution in [2.45, 2.75) is 13.3 Å². The molecule has 1 heterocycles. The van der Waals surface area contributed by atoms with Crippen molar-refractivity contribution in [2.24, 2.45) is 23.2 Å². The zero-order valence-electron chi connectivity index (χ0n) is 11.1. The zero-order valence-corrected chi connectivity index (χ0v) is 11.1. The van der Waals surface area contributed by atoms with E-state index in [4.69, 9.17) is 0 Å². The predicted molar refractivity (Wildman–Crippen MR) is 72.9 cm³/mol. The molecule has 4 atom stereocenters. The molecule has 1 N–H and O–H groups in total. The molecule has 0 spiro atoms. The lowest BCUT2D eigenvalue weighted by molar-refractivity contribution is -0.127. The summed E-state index contributed by atoms with van der Waals surface area (Å²) in [4.78, 5) is 26.8. The van der Waals surface area contributed by atoms with Crippen LogP contribution in [0.25, 0.3) is 0 Å². The number of hydrogen-bond donors (Lipinski definition) is 1. The van der Waals surface area contributed by atoms with Crippen molar-refractivity contribution >= 4 is 17.5 Å². The third-order valence-electron chi connectivity index (χ3n) is 5.20. The molecule has 2 amide bonds. The Morgan fingerprint density at radius 3 is 2.80 bits per heavy atom. The van der Waals surface area contributed by atoms with Crippen molar-refractivity contribution < 1.29 is 14.7 Å². The van der Waals surface area contributed by atoms with E-state index < -0.39 is 5.41 Å². The highest BCUT2D eigenvalue weighted by Crippen LogP contribution is 2.60. The molecule has 1 saturated heterocycles.